The molecule has 64 valence electrons. The summed E-state index contributed by atoms with van der Waals surface area (Å²) < 4.78 is 4.92. The average molecular weight is 156 g/mol. The highest BCUT2D eigenvalue weighted by atomic mass is 16.5. The Hall–Kier alpha value is -0.790. The molecule has 2 nitrogen and oxygen atoms in total. The van der Waals surface area contributed by atoms with E-state index in [1.165, 1.54) is 0 Å². The van der Waals surface area contributed by atoms with E-state index in [1.807, 2.05) is 6.92 Å². The number of carbonyl (C=O) groups is 1. The van der Waals surface area contributed by atoms with Crippen molar-refractivity contribution in [2.45, 2.75) is 27.2 Å². The monoisotopic (exact) mass is 156 g/mol. The molecule has 0 amide bonds. The van der Waals surface area contributed by atoms with Crippen molar-refractivity contribution in [3.63, 3.8) is 0 Å². The molecular formula is C9H16O2. The lowest BCUT2D eigenvalue weighted by atomic mass is 10.1. The van der Waals surface area contributed by atoms with Crippen LogP contribution in [0.15, 0.2) is 12.2 Å². The minimum absolute atomic E-state index is 0.287. The van der Waals surface area contributed by atoms with Crippen molar-refractivity contribution in [1.82, 2.24) is 0 Å². The normalized spacial score (nSPS) is 12.3. The van der Waals surface area contributed by atoms with E-state index in [2.05, 4.69) is 13.5 Å². The molecule has 2 heteroatoms. The van der Waals surface area contributed by atoms with Crippen molar-refractivity contribution in [2.24, 2.45) is 5.92 Å². The van der Waals surface area contributed by atoms with Crippen molar-refractivity contribution in [3.05, 3.63) is 12.2 Å². The second kappa shape index (κ2) is 4.94. The molecule has 0 unspecified atom stereocenters. The van der Waals surface area contributed by atoms with Crippen LogP contribution in [0.2, 0.25) is 0 Å². The summed E-state index contributed by atoms with van der Waals surface area (Å²) in [5, 5.41) is 0. The third-order valence-corrected chi connectivity index (χ3v) is 1.54. The molecule has 0 spiro atoms. The Bertz CT molecular complexity index is 150. The first-order valence-corrected chi connectivity index (χ1v) is 3.90. The fraction of sp³-hybridized carbons (Fsp3) is 0.667. The van der Waals surface area contributed by atoms with Crippen LogP contribution < -0.4 is 0 Å². The molecule has 0 fully saturated rings. The number of hydrogen-bond acceptors (Lipinski definition) is 2. The second-order valence-corrected chi connectivity index (χ2v) is 2.89. The van der Waals surface area contributed by atoms with Crippen LogP contribution in [0.25, 0.3) is 0 Å². The van der Waals surface area contributed by atoms with E-state index in [-0.39, 0.29) is 5.97 Å². The third kappa shape index (κ3) is 4.59. The molecular weight excluding hydrogens is 140 g/mol. The lowest BCUT2D eigenvalue weighted by Gasteiger charge is -2.08. The van der Waals surface area contributed by atoms with Crippen molar-refractivity contribution in [1.29, 1.82) is 0 Å². The predicted octanol–water partition coefficient (Wildman–Crippen LogP) is 2.15. The third-order valence-electron chi connectivity index (χ3n) is 1.54. The quantitative estimate of drug-likeness (QED) is 0.460. The van der Waals surface area contributed by atoms with Crippen LogP contribution in [0.4, 0.5) is 0 Å². The van der Waals surface area contributed by atoms with Gasteiger partial charge in [0.05, 0.1) is 6.61 Å². The Morgan fingerprint density at radius 2 is 2.18 bits per heavy atom. The Kier molecular flexibility index (Phi) is 4.59. The molecule has 0 aromatic heterocycles. The lowest BCUT2D eigenvalue weighted by molar-refractivity contribution is -0.140. The first kappa shape index (κ1) is 10.2. The summed E-state index contributed by atoms with van der Waals surface area (Å²) in [7, 11) is 0. The molecule has 11 heavy (non-hydrogen) atoms. The molecule has 0 saturated carbocycles. The number of carbonyl (C=O) groups excluding carboxylic acids is 1. The van der Waals surface area contributed by atoms with Gasteiger partial charge in [0.25, 0.3) is 0 Å². The molecule has 1 atom stereocenters. The molecule has 0 rings (SSSR count). The summed E-state index contributed by atoms with van der Waals surface area (Å²) in [6.07, 6.45) is 1.03. The van der Waals surface area contributed by atoms with Crippen LogP contribution in [0, 0.1) is 5.92 Å². The number of esters is 1. The zero-order valence-electron chi connectivity index (χ0n) is 7.52. The molecule has 0 radical (unpaired) electrons. The zero-order valence-corrected chi connectivity index (χ0v) is 7.52. The maximum atomic E-state index is 10.8. The van der Waals surface area contributed by atoms with Crippen molar-refractivity contribution in [2.75, 3.05) is 6.61 Å². The van der Waals surface area contributed by atoms with E-state index < -0.39 is 0 Å². The van der Waals surface area contributed by atoms with Crippen LogP contribution in [-0.2, 0) is 9.53 Å². The topological polar surface area (TPSA) is 26.3 Å². The summed E-state index contributed by atoms with van der Waals surface area (Å²) >= 11 is 0. The smallest absolute Gasteiger partial charge is 0.333 e. The van der Waals surface area contributed by atoms with Gasteiger partial charge < -0.3 is 4.74 Å². The molecule has 0 saturated heterocycles. The van der Waals surface area contributed by atoms with Gasteiger partial charge in [-0.15, -0.1) is 0 Å². The van der Waals surface area contributed by atoms with E-state index >= 15 is 0 Å². The standard InChI is InChI=1S/C9H16O2/c1-5-8(4)6-11-9(10)7(2)3/h8H,2,5-6H2,1,3-4H3/t8-/m1/s1. The first-order valence-electron chi connectivity index (χ1n) is 3.90. The summed E-state index contributed by atoms with van der Waals surface area (Å²) in [4.78, 5) is 10.8. The maximum absolute atomic E-state index is 10.8. The Morgan fingerprint density at radius 3 is 2.55 bits per heavy atom. The van der Waals surface area contributed by atoms with Crippen LogP contribution >= 0.6 is 0 Å². The van der Waals surface area contributed by atoms with Crippen LogP contribution in [0.5, 0.6) is 0 Å². The van der Waals surface area contributed by atoms with Crippen molar-refractivity contribution in [3.8, 4) is 0 Å². The number of rotatable bonds is 4. The maximum Gasteiger partial charge on any atom is 0.333 e. The predicted molar refractivity (Wildman–Crippen MR) is 45.2 cm³/mol. The van der Waals surface area contributed by atoms with E-state index in [0.717, 1.165) is 6.42 Å². The van der Waals surface area contributed by atoms with Gasteiger partial charge in [-0.25, -0.2) is 4.79 Å². The fourth-order valence-electron chi connectivity index (χ4n) is 0.459. The Morgan fingerprint density at radius 1 is 1.64 bits per heavy atom. The van der Waals surface area contributed by atoms with Gasteiger partial charge in [0, 0.05) is 5.57 Å². The van der Waals surface area contributed by atoms with Crippen molar-refractivity contribution >= 4 is 5.97 Å². The van der Waals surface area contributed by atoms with Crippen LogP contribution in [-0.4, -0.2) is 12.6 Å². The summed E-state index contributed by atoms with van der Waals surface area (Å²) in [6, 6.07) is 0. The van der Waals surface area contributed by atoms with Crippen LogP contribution in [0.1, 0.15) is 27.2 Å². The molecule has 0 aromatic carbocycles. The molecule has 0 bridgehead atoms. The second-order valence-electron chi connectivity index (χ2n) is 2.89. The van der Waals surface area contributed by atoms with Gasteiger partial charge in [-0.3, -0.25) is 0 Å². The Balaban J connectivity index is 3.54. The van der Waals surface area contributed by atoms with Gasteiger partial charge in [0.15, 0.2) is 0 Å². The Labute approximate surface area is 68.2 Å². The molecule has 0 N–H and O–H groups in total. The van der Waals surface area contributed by atoms with Gasteiger partial charge in [-0.1, -0.05) is 26.8 Å². The highest BCUT2D eigenvalue weighted by molar-refractivity contribution is 5.86. The number of hydrogen-bond donors (Lipinski definition) is 0. The molecule has 0 aliphatic carbocycles. The molecule has 0 aromatic rings. The van der Waals surface area contributed by atoms with Gasteiger partial charge in [-0.05, 0) is 12.8 Å². The van der Waals surface area contributed by atoms with E-state index in [1.54, 1.807) is 6.92 Å². The van der Waals surface area contributed by atoms with Gasteiger partial charge in [0.2, 0.25) is 0 Å². The minimum Gasteiger partial charge on any atom is -0.462 e. The lowest BCUT2D eigenvalue weighted by Crippen LogP contribution is -2.11. The summed E-state index contributed by atoms with van der Waals surface area (Å²) in [5.41, 5.74) is 0.466. The van der Waals surface area contributed by atoms with Crippen molar-refractivity contribution < 1.29 is 9.53 Å². The summed E-state index contributed by atoms with van der Waals surface area (Å²) in [6.45, 7) is 9.75. The highest BCUT2D eigenvalue weighted by Gasteiger charge is 2.05. The molecule has 0 heterocycles. The van der Waals surface area contributed by atoms with Gasteiger partial charge >= 0.3 is 5.97 Å². The summed E-state index contributed by atoms with van der Waals surface area (Å²) in [5.74, 6) is 0.156. The molecule has 0 aliphatic heterocycles. The highest BCUT2D eigenvalue weighted by Crippen LogP contribution is 2.02. The van der Waals surface area contributed by atoms with Gasteiger partial charge in [0.1, 0.15) is 0 Å². The number of ether oxygens (including phenoxy) is 1. The van der Waals surface area contributed by atoms with Crippen LogP contribution in [0.3, 0.4) is 0 Å². The van der Waals surface area contributed by atoms with E-state index in [9.17, 15) is 4.79 Å². The van der Waals surface area contributed by atoms with E-state index in [0.29, 0.717) is 18.1 Å². The van der Waals surface area contributed by atoms with E-state index in [4.69, 9.17) is 4.74 Å². The fourth-order valence-corrected chi connectivity index (χ4v) is 0.459. The SMILES string of the molecule is C=C(C)C(=O)OC[C@H](C)CC. The minimum atomic E-state index is -0.287. The largest absolute Gasteiger partial charge is 0.462 e. The first-order chi connectivity index (χ1) is 5.07. The zero-order chi connectivity index (χ0) is 8.85. The average Bonchev–Trinajstić information content (AvgIpc) is 1.99. The van der Waals surface area contributed by atoms with Gasteiger partial charge in [-0.2, -0.15) is 0 Å². The molecule has 0 aliphatic rings.